The Morgan fingerprint density at radius 2 is 2.28 bits per heavy atom. The van der Waals surface area contributed by atoms with E-state index in [-0.39, 0.29) is 6.61 Å². The Labute approximate surface area is 107 Å². The van der Waals surface area contributed by atoms with Crippen LogP contribution in [0.5, 0.6) is 0 Å². The molecule has 0 unspecified atom stereocenters. The fourth-order valence-electron chi connectivity index (χ4n) is 3.69. The molecule has 2 saturated carbocycles. The van der Waals surface area contributed by atoms with E-state index in [1.165, 1.54) is 19.3 Å². The molecule has 4 heteroatoms. The molecule has 4 atom stereocenters. The fraction of sp³-hybridized carbons (Fsp3) is 0.571. The van der Waals surface area contributed by atoms with E-state index < -0.39 is 0 Å². The average molecular weight is 243 g/mol. The molecule has 2 aliphatic rings. The van der Waals surface area contributed by atoms with Crippen LogP contribution in [0, 0.1) is 29.1 Å². The van der Waals surface area contributed by atoms with Crippen LogP contribution in [0.15, 0.2) is 18.5 Å². The minimum atomic E-state index is 0.242. The third-order valence-electron chi connectivity index (χ3n) is 4.56. The molecular weight excluding hydrogens is 226 g/mol. The second kappa shape index (κ2) is 4.58. The molecule has 2 aliphatic carbocycles. The zero-order valence-corrected chi connectivity index (χ0v) is 10.2. The van der Waals surface area contributed by atoms with Gasteiger partial charge in [-0.2, -0.15) is 5.26 Å². The molecule has 0 spiro atoms. The van der Waals surface area contributed by atoms with Gasteiger partial charge in [-0.25, -0.2) is 0 Å². The first-order valence-corrected chi connectivity index (χ1v) is 6.55. The zero-order chi connectivity index (χ0) is 12.5. The predicted molar refractivity (Wildman–Crippen MR) is 67.8 cm³/mol. The Bertz CT molecular complexity index is 482. The van der Waals surface area contributed by atoms with E-state index in [4.69, 9.17) is 5.26 Å². The maximum atomic E-state index is 9.55. The van der Waals surface area contributed by atoms with Crippen molar-refractivity contribution in [1.29, 1.82) is 5.26 Å². The molecule has 0 saturated heterocycles. The summed E-state index contributed by atoms with van der Waals surface area (Å²) in [5, 5.41) is 22.1. The number of hydrogen-bond donors (Lipinski definition) is 2. The van der Waals surface area contributed by atoms with E-state index in [0.29, 0.717) is 29.4 Å². The number of rotatable bonds is 3. The Hall–Kier alpha value is -1.60. The van der Waals surface area contributed by atoms with Gasteiger partial charge in [0, 0.05) is 31.0 Å². The third kappa shape index (κ3) is 1.75. The normalized spacial score (nSPS) is 33.3. The zero-order valence-electron chi connectivity index (χ0n) is 10.2. The SMILES string of the molecule is N#Cc1cnccc1N[C@H]1[C@@H]2CC[C@@H](C2)[C@H]1CO. The molecule has 3 rings (SSSR count). The third-order valence-corrected chi connectivity index (χ3v) is 4.56. The quantitative estimate of drug-likeness (QED) is 0.849. The topological polar surface area (TPSA) is 68.9 Å². The summed E-state index contributed by atoms with van der Waals surface area (Å²) in [6.07, 6.45) is 6.99. The van der Waals surface area contributed by atoms with E-state index >= 15 is 0 Å². The number of nitrogens with one attached hydrogen (secondary N) is 1. The van der Waals surface area contributed by atoms with Gasteiger partial charge in [0.2, 0.25) is 0 Å². The number of nitriles is 1. The summed E-state index contributed by atoms with van der Waals surface area (Å²) in [5.74, 6) is 1.64. The highest BCUT2D eigenvalue weighted by atomic mass is 16.3. The molecule has 1 aromatic heterocycles. The van der Waals surface area contributed by atoms with Crippen molar-refractivity contribution < 1.29 is 5.11 Å². The van der Waals surface area contributed by atoms with Gasteiger partial charge in [-0.3, -0.25) is 4.98 Å². The minimum Gasteiger partial charge on any atom is -0.396 e. The summed E-state index contributed by atoms with van der Waals surface area (Å²) in [6.45, 7) is 0.242. The summed E-state index contributed by atoms with van der Waals surface area (Å²) in [6, 6.07) is 4.31. The summed E-state index contributed by atoms with van der Waals surface area (Å²) in [5.41, 5.74) is 1.43. The Balaban J connectivity index is 1.82. The van der Waals surface area contributed by atoms with Crippen molar-refractivity contribution in [3.8, 4) is 6.07 Å². The van der Waals surface area contributed by atoms with Gasteiger partial charge in [0.15, 0.2) is 0 Å². The number of hydrogen-bond acceptors (Lipinski definition) is 4. The van der Waals surface area contributed by atoms with Gasteiger partial charge in [-0.1, -0.05) is 0 Å². The molecule has 18 heavy (non-hydrogen) atoms. The first-order chi connectivity index (χ1) is 8.83. The van der Waals surface area contributed by atoms with Crippen molar-refractivity contribution in [3.05, 3.63) is 24.0 Å². The van der Waals surface area contributed by atoms with Crippen LogP contribution in [0.2, 0.25) is 0 Å². The summed E-state index contributed by atoms with van der Waals surface area (Å²) < 4.78 is 0. The van der Waals surface area contributed by atoms with Crippen molar-refractivity contribution in [2.24, 2.45) is 17.8 Å². The summed E-state index contributed by atoms with van der Waals surface area (Å²) >= 11 is 0. The van der Waals surface area contributed by atoms with Crippen LogP contribution >= 0.6 is 0 Å². The van der Waals surface area contributed by atoms with Crippen LogP contribution in [0.25, 0.3) is 0 Å². The number of fused-ring (bicyclic) bond motifs is 2. The lowest BCUT2D eigenvalue weighted by molar-refractivity contribution is 0.166. The second-order valence-corrected chi connectivity index (χ2v) is 5.38. The number of anilines is 1. The molecule has 94 valence electrons. The van der Waals surface area contributed by atoms with Gasteiger partial charge < -0.3 is 10.4 Å². The fourth-order valence-corrected chi connectivity index (χ4v) is 3.69. The molecule has 4 nitrogen and oxygen atoms in total. The van der Waals surface area contributed by atoms with Crippen molar-refractivity contribution in [1.82, 2.24) is 4.98 Å². The minimum absolute atomic E-state index is 0.242. The van der Waals surface area contributed by atoms with Gasteiger partial charge >= 0.3 is 0 Å². The maximum Gasteiger partial charge on any atom is 0.103 e. The van der Waals surface area contributed by atoms with Crippen molar-refractivity contribution in [2.45, 2.75) is 25.3 Å². The van der Waals surface area contributed by atoms with Crippen LogP contribution in [0.1, 0.15) is 24.8 Å². The van der Waals surface area contributed by atoms with E-state index in [0.717, 1.165) is 5.69 Å². The highest BCUT2D eigenvalue weighted by Crippen LogP contribution is 2.49. The van der Waals surface area contributed by atoms with Crippen molar-refractivity contribution in [2.75, 3.05) is 11.9 Å². The smallest absolute Gasteiger partial charge is 0.103 e. The molecule has 0 radical (unpaired) electrons. The second-order valence-electron chi connectivity index (χ2n) is 5.38. The number of nitrogens with zero attached hydrogens (tertiary/aromatic N) is 2. The largest absolute Gasteiger partial charge is 0.396 e. The average Bonchev–Trinajstić information content (AvgIpc) is 3.00. The Morgan fingerprint density at radius 1 is 1.44 bits per heavy atom. The molecular formula is C14H17N3O. The summed E-state index contributed by atoms with van der Waals surface area (Å²) in [4.78, 5) is 3.97. The highest BCUT2D eigenvalue weighted by Gasteiger charge is 2.47. The molecule has 0 amide bonds. The molecule has 2 bridgehead atoms. The van der Waals surface area contributed by atoms with E-state index in [1.54, 1.807) is 12.4 Å². The van der Waals surface area contributed by atoms with Gasteiger partial charge in [0.1, 0.15) is 6.07 Å². The molecule has 1 aromatic rings. The summed E-state index contributed by atoms with van der Waals surface area (Å²) in [7, 11) is 0. The van der Waals surface area contributed by atoms with Gasteiger partial charge in [0.25, 0.3) is 0 Å². The van der Waals surface area contributed by atoms with Gasteiger partial charge in [0.05, 0.1) is 11.3 Å². The van der Waals surface area contributed by atoms with E-state index in [2.05, 4.69) is 16.4 Å². The Morgan fingerprint density at radius 3 is 3.06 bits per heavy atom. The molecule has 2 N–H and O–H groups in total. The van der Waals surface area contributed by atoms with Crippen LogP contribution < -0.4 is 5.32 Å². The van der Waals surface area contributed by atoms with Crippen LogP contribution in [-0.4, -0.2) is 22.7 Å². The number of aliphatic hydroxyl groups is 1. The van der Waals surface area contributed by atoms with E-state index in [1.807, 2.05) is 6.07 Å². The van der Waals surface area contributed by atoms with Gasteiger partial charge in [-0.05, 0) is 37.2 Å². The molecule has 0 aliphatic heterocycles. The van der Waals surface area contributed by atoms with Gasteiger partial charge in [-0.15, -0.1) is 0 Å². The van der Waals surface area contributed by atoms with Crippen molar-refractivity contribution >= 4 is 5.69 Å². The standard InChI is InChI=1S/C14H17N3O/c15-6-11-7-16-4-3-13(11)17-14-10-2-1-9(5-10)12(14)8-18/h3-4,7,9-10,12,14,18H,1-2,5,8H2,(H,16,17)/t9-,10+,12+,14-/m0/s1. The van der Waals surface area contributed by atoms with Crippen LogP contribution in [0.3, 0.4) is 0 Å². The number of pyridine rings is 1. The van der Waals surface area contributed by atoms with Crippen molar-refractivity contribution in [3.63, 3.8) is 0 Å². The maximum absolute atomic E-state index is 9.55. The first-order valence-electron chi connectivity index (χ1n) is 6.55. The molecule has 1 heterocycles. The molecule has 0 aromatic carbocycles. The van der Waals surface area contributed by atoms with E-state index in [9.17, 15) is 5.11 Å². The monoisotopic (exact) mass is 243 g/mol. The highest BCUT2D eigenvalue weighted by molar-refractivity contribution is 5.56. The number of aliphatic hydroxyl groups excluding tert-OH is 1. The number of aromatic nitrogens is 1. The Kier molecular flexibility index (Phi) is 2.92. The predicted octanol–water partition coefficient (Wildman–Crippen LogP) is 1.77. The lowest BCUT2D eigenvalue weighted by Crippen LogP contribution is -2.36. The van der Waals surface area contributed by atoms with Crippen LogP contribution in [-0.2, 0) is 0 Å². The van der Waals surface area contributed by atoms with Crippen LogP contribution in [0.4, 0.5) is 5.69 Å². The lowest BCUT2D eigenvalue weighted by atomic mass is 9.85. The lowest BCUT2D eigenvalue weighted by Gasteiger charge is -2.31. The molecule has 2 fully saturated rings. The first kappa shape index (κ1) is 11.5.